The second kappa shape index (κ2) is 4.64. The van der Waals surface area contributed by atoms with Crippen molar-refractivity contribution < 1.29 is 13.2 Å². The van der Waals surface area contributed by atoms with Crippen molar-refractivity contribution in [2.75, 3.05) is 26.0 Å². The molecule has 0 saturated carbocycles. The Bertz CT molecular complexity index is 478. The summed E-state index contributed by atoms with van der Waals surface area (Å²) in [5.41, 5.74) is 6.09. The smallest absolute Gasteiger partial charge is 0.243 e. The molecule has 1 unspecified atom stereocenters. The highest BCUT2D eigenvalue weighted by atomic mass is 32.2. The standard InChI is InChI=1S/C11H16N2O3S/c1-13(10-6-7-16-8-10)17(14,15)11-4-2-9(12)3-5-11/h2-5,10H,6-8,12H2,1H3. The summed E-state index contributed by atoms with van der Waals surface area (Å²) in [5.74, 6) is 0. The van der Waals surface area contributed by atoms with E-state index in [1.165, 1.54) is 16.4 Å². The zero-order valence-corrected chi connectivity index (χ0v) is 10.5. The molecule has 1 aromatic carbocycles. The van der Waals surface area contributed by atoms with E-state index in [2.05, 4.69) is 0 Å². The summed E-state index contributed by atoms with van der Waals surface area (Å²) in [4.78, 5) is 0.265. The Morgan fingerprint density at radius 3 is 2.53 bits per heavy atom. The van der Waals surface area contributed by atoms with E-state index >= 15 is 0 Å². The maximum absolute atomic E-state index is 12.3. The van der Waals surface area contributed by atoms with Crippen molar-refractivity contribution >= 4 is 15.7 Å². The minimum absolute atomic E-state index is 0.0717. The van der Waals surface area contributed by atoms with E-state index in [0.29, 0.717) is 18.9 Å². The number of benzene rings is 1. The molecule has 5 nitrogen and oxygen atoms in total. The number of sulfonamides is 1. The highest BCUT2D eigenvalue weighted by Gasteiger charge is 2.30. The average Bonchev–Trinajstić information content (AvgIpc) is 2.82. The second-order valence-corrected chi connectivity index (χ2v) is 6.11. The molecule has 0 bridgehead atoms. The molecule has 94 valence electrons. The van der Waals surface area contributed by atoms with Crippen LogP contribution in [0.4, 0.5) is 5.69 Å². The number of anilines is 1. The molecule has 1 aliphatic heterocycles. The molecule has 0 amide bonds. The van der Waals surface area contributed by atoms with Crippen LogP contribution < -0.4 is 5.73 Å². The van der Waals surface area contributed by atoms with E-state index in [4.69, 9.17) is 10.5 Å². The molecule has 0 radical (unpaired) electrons. The quantitative estimate of drug-likeness (QED) is 0.807. The van der Waals surface area contributed by atoms with Crippen molar-refractivity contribution in [2.24, 2.45) is 0 Å². The number of hydrogen-bond acceptors (Lipinski definition) is 4. The van der Waals surface area contributed by atoms with Crippen molar-refractivity contribution in [2.45, 2.75) is 17.4 Å². The van der Waals surface area contributed by atoms with Gasteiger partial charge in [-0.1, -0.05) is 0 Å². The van der Waals surface area contributed by atoms with Gasteiger partial charge in [0.05, 0.1) is 17.5 Å². The van der Waals surface area contributed by atoms with Crippen LogP contribution in [0.5, 0.6) is 0 Å². The summed E-state index contributed by atoms with van der Waals surface area (Å²) in [6.45, 7) is 1.08. The minimum atomic E-state index is -3.44. The Labute approximate surface area is 101 Å². The van der Waals surface area contributed by atoms with Gasteiger partial charge in [-0.2, -0.15) is 4.31 Å². The van der Waals surface area contributed by atoms with Gasteiger partial charge in [0, 0.05) is 19.3 Å². The molecular formula is C11H16N2O3S. The van der Waals surface area contributed by atoms with Gasteiger partial charge < -0.3 is 10.5 Å². The first-order chi connectivity index (χ1) is 8.01. The molecule has 1 aliphatic rings. The Balaban J connectivity index is 2.26. The average molecular weight is 256 g/mol. The fourth-order valence-electron chi connectivity index (χ4n) is 1.81. The van der Waals surface area contributed by atoms with Crippen LogP contribution in [0.1, 0.15) is 6.42 Å². The summed E-state index contributed by atoms with van der Waals surface area (Å²) in [5, 5.41) is 0. The van der Waals surface area contributed by atoms with Gasteiger partial charge in [-0.3, -0.25) is 0 Å². The molecule has 0 aromatic heterocycles. The van der Waals surface area contributed by atoms with Gasteiger partial charge in [0.1, 0.15) is 0 Å². The zero-order valence-electron chi connectivity index (χ0n) is 9.67. The minimum Gasteiger partial charge on any atom is -0.399 e. The molecule has 2 N–H and O–H groups in total. The molecule has 0 spiro atoms. The zero-order chi connectivity index (χ0) is 12.5. The Kier molecular flexibility index (Phi) is 3.37. The highest BCUT2D eigenvalue weighted by Crippen LogP contribution is 2.21. The molecule has 0 aliphatic carbocycles. The predicted octanol–water partition coefficient (Wildman–Crippen LogP) is 0.678. The maximum Gasteiger partial charge on any atom is 0.243 e. The largest absolute Gasteiger partial charge is 0.399 e. The summed E-state index contributed by atoms with van der Waals surface area (Å²) >= 11 is 0. The van der Waals surface area contributed by atoms with Gasteiger partial charge in [0.15, 0.2) is 0 Å². The Hall–Kier alpha value is -1.11. The number of hydrogen-bond donors (Lipinski definition) is 1. The molecule has 2 rings (SSSR count). The highest BCUT2D eigenvalue weighted by molar-refractivity contribution is 7.89. The second-order valence-electron chi connectivity index (χ2n) is 4.11. The van der Waals surface area contributed by atoms with Crippen LogP contribution in [0.3, 0.4) is 0 Å². The van der Waals surface area contributed by atoms with Crippen LogP contribution in [-0.4, -0.2) is 39.0 Å². The van der Waals surface area contributed by atoms with Gasteiger partial charge in [-0.05, 0) is 30.7 Å². The molecule has 17 heavy (non-hydrogen) atoms. The lowest BCUT2D eigenvalue weighted by Gasteiger charge is -2.22. The van der Waals surface area contributed by atoms with E-state index in [1.807, 2.05) is 0 Å². The number of nitrogens with two attached hydrogens (primary N) is 1. The van der Waals surface area contributed by atoms with Gasteiger partial charge in [-0.25, -0.2) is 8.42 Å². The molecule has 1 fully saturated rings. The van der Waals surface area contributed by atoms with Crippen LogP contribution in [0.15, 0.2) is 29.2 Å². The van der Waals surface area contributed by atoms with Gasteiger partial charge in [0.25, 0.3) is 0 Å². The fraction of sp³-hybridized carbons (Fsp3) is 0.455. The molecule has 1 heterocycles. The van der Waals surface area contributed by atoms with Crippen molar-refractivity contribution in [3.63, 3.8) is 0 Å². The third-order valence-corrected chi connectivity index (χ3v) is 4.90. The lowest BCUT2D eigenvalue weighted by atomic mass is 10.3. The van der Waals surface area contributed by atoms with E-state index in [9.17, 15) is 8.42 Å². The number of ether oxygens (including phenoxy) is 1. The van der Waals surface area contributed by atoms with Crippen LogP contribution in [-0.2, 0) is 14.8 Å². The predicted molar refractivity (Wildman–Crippen MR) is 65.0 cm³/mol. The van der Waals surface area contributed by atoms with Crippen LogP contribution in [0, 0.1) is 0 Å². The first-order valence-corrected chi connectivity index (χ1v) is 6.87. The monoisotopic (exact) mass is 256 g/mol. The number of nitrogens with zero attached hydrogens (tertiary/aromatic N) is 1. The third kappa shape index (κ3) is 2.43. The van der Waals surface area contributed by atoms with Gasteiger partial charge in [-0.15, -0.1) is 0 Å². The SMILES string of the molecule is CN(C1CCOC1)S(=O)(=O)c1ccc(N)cc1. The fourth-order valence-corrected chi connectivity index (χ4v) is 3.18. The molecular weight excluding hydrogens is 240 g/mol. The third-order valence-electron chi connectivity index (χ3n) is 2.98. The van der Waals surface area contributed by atoms with Crippen molar-refractivity contribution in [1.29, 1.82) is 0 Å². The molecule has 1 saturated heterocycles. The molecule has 1 atom stereocenters. The summed E-state index contributed by atoms with van der Waals surface area (Å²) < 4.78 is 31.1. The lowest BCUT2D eigenvalue weighted by molar-refractivity contribution is 0.181. The Morgan fingerprint density at radius 2 is 2.00 bits per heavy atom. The first-order valence-electron chi connectivity index (χ1n) is 5.43. The van der Waals surface area contributed by atoms with Crippen LogP contribution in [0.2, 0.25) is 0 Å². The van der Waals surface area contributed by atoms with E-state index in [1.54, 1.807) is 19.2 Å². The maximum atomic E-state index is 12.3. The Morgan fingerprint density at radius 1 is 1.35 bits per heavy atom. The lowest BCUT2D eigenvalue weighted by Crippen LogP contribution is -2.37. The van der Waals surface area contributed by atoms with Gasteiger partial charge in [0.2, 0.25) is 10.0 Å². The topological polar surface area (TPSA) is 72.6 Å². The van der Waals surface area contributed by atoms with E-state index < -0.39 is 10.0 Å². The first kappa shape index (κ1) is 12.3. The number of nitrogen functional groups attached to an aromatic ring is 1. The van der Waals surface area contributed by atoms with Crippen molar-refractivity contribution in [3.05, 3.63) is 24.3 Å². The summed E-state index contributed by atoms with van der Waals surface area (Å²) in [6.07, 6.45) is 0.741. The summed E-state index contributed by atoms with van der Waals surface area (Å²) in [7, 11) is -1.85. The van der Waals surface area contributed by atoms with E-state index in [0.717, 1.165) is 6.42 Å². The van der Waals surface area contributed by atoms with Gasteiger partial charge >= 0.3 is 0 Å². The normalized spacial score (nSPS) is 20.9. The molecule has 1 aromatic rings. The van der Waals surface area contributed by atoms with E-state index in [-0.39, 0.29) is 10.9 Å². The summed E-state index contributed by atoms with van der Waals surface area (Å²) in [6, 6.07) is 6.16. The van der Waals surface area contributed by atoms with Crippen molar-refractivity contribution in [1.82, 2.24) is 4.31 Å². The number of rotatable bonds is 3. The van der Waals surface area contributed by atoms with Crippen LogP contribution >= 0.6 is 0 Å². The van der Waals surface area contributed by atoms with Crippen LogP contribution in [0.25, 0.3) is 0 Å². The van der Waals surface area contributed by atoms with Crippen molar-refractivity contribution in [3.8, 4) is 0 Å². The number of likely N-dealkylation sites (N-methyl/N-ethyl adjacent to an activating group) is 1. The molecule has 6 heteroatoms.